The standard InChI is InChI=1S/C13H8BrIN4O3S/c14-10-3-2-8(19(21)22)5-9(10)12(20)18-13(23)17-11-4-1-7(15)6-16-11/h1-6H,(H2,16,17,18,20,23). The van der Waals surface area contributed by atoms with E-state index in [2.05, 4.69) is 54.1 Å². The lowest BCUT2D eigenvalue weighted by molar-refractivity contribution is -0.384. The fourth-order valence-corrected chi connectivity index (χ4v) is 2.51. The van der Waals surface area contributed by atoms with Gasteiger partial charge in [-0.05, 0) is 68.9 Å². The molecule has 1 amide bonds. The molecule has 0 aliphatic carbocycles. The van der Waals surface area contributed by atoms with Crippen LogP contribution in [0.5, 0.6) is 0 Å². The van der Waals surface area contributed by atoms with Crippen LogP contribution in [0.15, 0.2) is 41.0 Å². The van der Waals surface area contributed by atoms with Crippen molar-refractivity contribution in [2.45, 2.75) is 0 Å². The lowest BCUT2D eigenvalue weighted by Crippen LogP contribution is -2.34. The van der Waals surface area contributed by atoms with Crippen molar-refractivity contribution in [3.8, 4) is 0 Å². The molecule has 0 saturated carbocycles. The zero-order chi connectivity index (χ0) is 17.0. The van der Waals surface area contributed by atoms with Crippen LogP contribution in [0.25, 0.3) is 0 Å². The first kappa shape index (κ1) is 17.7. The lowest BCUT2D eigenvalue weighted by atomic mass is 10.2. The third-order valence-electron chi connectivity index (χ3n) is 2.60. The summed E-state index contributed by atoms with van der Waals surface area (Å²) in [6, 6.07) is 7.45. The Morgan fingerprint density at radius 3 is 2.70 bits per heavy atom. The number of hydrogen-bond donors (Lipinski definition) is 2. The first-order valence-corrected chi connectivity index (χ1v) is 8.32. The number of pyridine rings is 1. The van der Waals surface area contributed by atoms with E-state index in [0.717, 1.165) is 3.57 Å². The number of non-ortho nitro benzene ring substituents is 1. The van der Waals surface area contributed by atoms with Gasteiger partial charge >= 0.3 is 0 Å². The monoisotopic (exact) mass is 506 g/mol. The van der Waals surface area contributed by atoms with Gasteiger partial charge in [0.25, 0.3) is 11.6 Å². The number of nitrogens with one attached hydrogen (secondary N) is 2. The smallest absolute Gasteiger partial charge is 0.270 e. The van der Waals surface area contributed by atoms with Crippen molar-refractivity contribution in [2.24, 2.45) is 0 Å². The van der Waals surface area contributed by atoms with Gasteiger partial charge in [0.1, 0.15) is 5.82 Å². The zero-order valence-corrected chi connectivity index (χ0v) is 15.8. The van der Waals surface area contributed by atoms with Crippen LogP contribution >= 0.6 is 50.7 Å². The lowest BCUT2D eigenvalue weighted by Gasteiger charge is -2.09. The first-order valence-electron chi connectivity index (χ1n) is 6.04. The number of carbonyl (C=O) groups is 1. The van der Waals surface area contributed by atoms with E-state index in [1.165, 1.54) is 18.2 Å². The number of aromatic nitrogens is 1. The fraction of sp³-hybridized carbons (Fsp3) is 0. The van der Waals surface area contributed by atoms with Crippen LogP contribution in [0.1, 0.15) is 10.4 Å². The van der Waals surface area contributed by atoms with Crippen LogP contribution in [0.3, 0.4) is 0 Å². The highest BCUT2D eigenvalue weighted by atomic mass is 127. The first-order chi connectivity index (χ1) is 10.9. The summed E-state index contributed by atoms with van der Waals surface area (Å²) in [6.07, 6.45) is 1.64. The van der Waals surface area contributed by atoms with Gasteiger partial charge in [0.2, 0.25) is 0 Å². The van der Waals surface area contributed by atoms with E-state index >= 15 is 0 Å². The zero-order valence-electron chi connectivity index (χ0n) is 11.2. The van der Waals surface area contributed by atoms with E-state index in [1.54, 1.807) is 12.3 Å². The number of halogens is 2. The summed E-state index contributed by atoms with van der Waals surface area (Å²) in [5.41, 5.74) is -0.0737. The Labute approximate surface area is 158 Å². The average molecular weight is 507 g/mol. The molecule has 0 aliphatic rings. The topological polar surface area (TPSA) is 97.2 Å². The molecule has 0 aliphatic heterocycles. The molecule has 0 radical (unpaired) electrons. The van der Waals surface area contributed by atoms with Crippen molar-refractivity contribution in [1.29, 1.82) is 0 Å². The molecule has 0 bridgehead atoms. The minimum absolute atomic E-state index is 0.0436. The molecule has 1 aromatic heterocycles. The second-order valence-corrected chi connectivity index (χ2v) is 6.70. The maximum Gasteiger partial charge on any atom is 0.270 e. The van der Waals surface area contributed by atoms with Crippen molar-refractivity contribution < 1.29 is 9.72 Å². The Balaban J connectivity index is 2.09. The molecule has 1 aromatic carbocycles. The van der Waals surface area contributed by atoms with Crippen LogP contribution in [0.4, 0.5) is 11.5 Å². The second-order valence-electron chi connectivity index (χ2n) is 4.19. The number of nitro benzene ring substituents is 1. The summed E-state index contributed by atoms with van der Waals surface area (Å²) in [6.45, 7) is 0. The van der Waals surface area contributed by atoms with Crippen molar-refractivity contribution in [3.63, 3.8) is 0 Å². The summed E-state index contributed by atoms with van der Waals surface area (Å²) in [5, 5.41) is 16.0. The highest BCUT2D eigenvalue weighted by Crippen LogP contribution is 2.22. The quantitative estimate of drug-likeness (QED) is 0.286. The molecule has 0 fully saturated rings. The molecule has 0 spiro atoms. The Kier molecular flexibility index (Phi) is 5.96. The van der Waals surface area contributed by atoms with Crippen molar-refractivity contribution in [3.05, 3.63) is 60.2 Å². The molecule has 2 N–H and O–H groups in total. The van der Waals surface area contributed by atoms with Crippen molar-refractivity contribution in [1.82, 2.24) is 10.3 Å². The molecule has 23 heavy (non-hydrogen) atoms. The van der Waals surface area contributed by atoms with Gasteiger partial charge in [-0.3, -0.25) is 20.2 Å². The Bertz CT molecular complexity index is 785. The summed E-state index contributed by atoms with van der Waals surface area (Å²) in [4.78, 5) is 26.5. The fourth-order valence-electron chi connectivity index (χ4n) is 1.57. The normalized spacial score (nSPS) is 10.0. The number of anilines is 1. The molecule has 0 atom stereocenters. The highest BCUT2D eigenvalue weighted by Gasteiger charge is 2.16. The minimum Gasteiger partial charge on any atom is -0.317 e. The molecule has 2 aromatic rings. The van der Waals surface area contributed by atoms with Gasteiger partial charge in [-0.15, -0.1) is 0 Å². The second kappa shape index (κ2) is 7.75. The molecular formula is C13H8BrIN4O3S. The molecule has 2 rings (SSSR count). The average Bonchev–Trinajstić information content (AvgIpc) is 2.49. The van der Waals surface area contributed by atoms with Gasteiger partial charge in [0.15, 0.2) is 5.11 Å². The number of amides is 1. The molecule has 0 unspecified atom stereocenters. The number of nitrogens with zero attached hydrogens (tertiary/aromatic N) is 2. The predicted molar refractivity (Wildman–Crippen MR) is 101 cm³/mol. The number of hydrogen-bond acceptors (Lipinski definition) is 5. The largest absolute Gasteiger partial charge is 0.317 e. The van der Waals surface area contributed by atoms with Crippen LogP contribution in [0.2, 0.25) is 0 Å². The summed E-state index contributed by atoms with van der Waals surface area (Å²) in [7, 11) is 0. The van der Waals surface area contributed by atoms with Crippen molar-refractivity contribution in [2.75, 3.05) is 5.32 Å². The molecular weight excluding hydrogens is 499 g/mol. The molecule has 1 heterocycles. The van der Waals surface area contributed by atoms with Crippen molar-refractivity contribution >= 4 is 73.3 Å². The van der Waals surface area contributed by atoms with E-state index in [0.29, 0.717) is 10.3 Å². The van der Waals surface area contributed by atoms with Gasteiger partial charge in [-0.25, -0.2) is 4.98 Å². The maximum absolute atomic E-state index is 12.2. The molecule has 118 valence electrons. The molecule has 0 saturated heterocycles. The Morgan fingerprint density at radius 1 is 1.35 bits per heavy atom. The predicted octanol–water partition coefficient (Wildman–Crippen LogP) is 3.48. The van der Waals surface area contributed by atoms with E-state index < -0.39 is 10.8 Å². The number of rotatable bonds is 3. The number of nitro groups is 1. The van der Waals surface area contributed by atoms with E-state index in [1.807, 2.05) is 6.07 Å². The highest BCUT2D eigenvalue weighted by molar-refractivity contribution is 14.1. The summed E-state index contributed by atoms with van der Waals surface area (Å²) in [5.74, 6) is -0.0857. The van der Waals surface area contributed by atoms with Gasteiger partial charge in [0, 0.05) is 26.4 Å². The Hall–Kier alpha value is -1.66. The number of carbonyl (C=O) groups excluding carboxylic acids is 1. The third kappa shape index (κ3) is 4.91. The Morgan fingerprint density at radius 2 is 2.09 bits per heavy atom. The maximum atomic E-state index is 12.2. The van der Waals surface area contributed by atoms with Crippen LogP contribution in [0, 0.1) is 13.7 Å². The van der Waals surface area contributed by atoms with Crippen LogP contribution in [-0.2, 0) is 0 Å². The van der Waals surface area contributed by atoms with Gasteiger partial charge in [0.05, 0.1) is 10.5 Å². The summed E-state index contributed by atoms with van der Waals surface area (Å²) >= 11 is 10.3. The summed E-state index contributed by atoms with van der Waals surface area (Å²) < 4.78 is 1.39. The van der Waals surface area contributed by atoms with Crippen LogP contribution < -0.4 is 10.6 Å². The number of thiocarbonyl (C=S) groups is 1. The van der Waals surface area contributed by atoms with Gasteiger partial charge < -0.3 is 5.32 Å². The molecule has 7 nitrogen and oxygen atoms in total. The van der Waals surface area contributed by atoms with Gasteiger partial charge in [-0.2, -0.15) is 0 Å². The van der Waals surface area contributed by atoms with E-state index in [4.69, 9.17) is 12.2 Å². The number of benzene rings is 1. The SMILES string of the molecule is O=C(NC(=S)Nc1ccc(I)cn1)c1cc([N+](=O)[O-])ccc1Br. The van der Waals surface area contributed by atoms with E-state index in [9.17, 15) is 14.9 Å². The minimum atomic E-state index is -0.574. The van der Waals surface area contributed by atoms with Crippen LogP contribution in [-0.4, -0.2) is 20.9 Å². The van der Waals surface area contributed by atoms with Gasteiger partial charge in [-0.1, -0.05) is 0 Å². The van der Waals surface area contributed by atoms with E-state index in [-0.39, 0.29) is 16.4 Å². The third-order valence-corrected chi connectivity index (χ3v) is 4.14. The molecule has 10 heteroatoms.